The number of nitrogens with one attached hydrogen (secondary N) is 1. The van der Waals surface area contributed by atoms with Crippen molar-refractivity contribution in [3.8, 4) is 0 Å². The van der Waals surface area contributed by atoms with Gasteiger partial charge in [0.05, 0.1) is 35.9 Å². The van der Waals surface area contributed by atoms with Crippen molar-refractivity contribution < 1.29 is 13.2 Å². The molecule has 1 N–H and O–H groups in total. The van der Waals surface area contributed by atoms with Gasteiger partial charge in [0, 0.05) is 25.7 Å². The maximum Gasteiger partial charge on any atom is 0.266 e. The van der Waals surface area contributed by atoms with E-state index in [4.69, 9.17) is 6.57 Å². The van der Waals surface area contributed by atoms with Crippen LogP contribution in [0.3, 0.4) is 0 Å². The van der Waals surface area contributed by atoms with Gasteiger partial charge >= 0.3 is 0 Å². The minimum atomic E-state index is -2.80. The highest BCUT2D eigenvalue weighted by Gasteiger charge is 2.44. The quantitative estimate of drug-likeness (QED) is 0.592. The largest absolute Gasteiger partial charge is 0.340 e. The van der Waals surface area contributed by atoms with E-state index in [9.17, 15) is 13.2 Å². The highest BCUT2D eigenvalue weighted by molar-refractivity contribution is 5.79. The topological polar surface area (TPSA) is 50.3 Å². The van der Waals surface area contributed by atoms with Gasteiger partial charge in [-0.2, -0.15) is 0 Å². The van der Waals surface area contributed by atoms with Crippen molar-refractivity contribution in [1.82, 2.24) is 19.9 Å². The lowest BCUT2D eigenvalue weighted by Gasteiger charge is -2.39. The molecule has 9 heteroatoms. The van der Waals surface area contributed by atoms with Crippen LogP contribution in [0.2, 0.25) is 0 Å². The molecule has 0 spiro atoms. The van der Waals surface area contributed by atoms with Crippen LogP contribution in [0.4, 0.5) is 24.8 Å². The zero-order valence-electron chi connectivity index (χ0n) is 17.2. The lowest BCUT2D eigenvalue weighted by molar-refractivity contribution is -0.0512. The number of alkyl halides is 2. The van der Waals surface area contributed by atoms with Gasteiger partial charge in [0.15, 0.2) is 0 Å². The lowest BCUT2D eigenvalue weighted by atomic mass is 10.0. The summed E-state index contributed by atoms with van der Waals surface area (Å²) in [5.74, 6) is -2.69. The van der Waals surface area contributed by atoms with Crippen LogP contribution in [0.25, 0.3) is 15.9 Å². The number of rotatable bonds is 6. The Bertz CT molecular complexity index is 1100. The third kappa shape index (κ3) is 4.35. The zero-order chi connectivity index (χ0) is 22.0. The Morgan fingerprint density at radius 3 is 2.84 bits per heavy atom. The fourth-order valence-corrected chi connectivity index (χ4v) is 3.84. The summed E-state index contributed by atoms with van der Waals surface area (Å²) in [4.78, 5) is 14.1. The molecule has 4 rings (SSSR count). The number of halogens is 3. The first-order valence-electron chi connectivity index (χ1n) is 10.3. The Hall–Kier alpha value is -3.12. The molecule has 0 saturated carbocycles. The molecule has 0 amide bonds. The van der Waals surface area contributed by atoms with E-state index in [2.05, 4.69) is 20.1 Å². The number of hydrogen-bond donors (Lipinski definition) is 1. The summed E-state index contributed by atoms with van der Waals surface area (Å²) in [7, 11) is 0. The van der Waals surface area contributed by atoms with Crippen molar-refractivity contribution in [2.75, 3.05) is 24.5 Å². The summed E-state index contributed by atoms with van der Waals surface area (Å²) in [6, 6.07) is 6.74. The van der Waals surface area contributed by atoms with Gasteiger partial charge in [-0.25, -0.2) is 23.0 Å². The third-order valence-corrected chi connectivity index (χ3v) is 5.50. The molecule has 0 radical (unpaired) electrons. The number of aromatic nitrogens is 3. The lowest BCUT2D eigenvalue weighted by Crippen LogP contribution is -2.58. The van der Waals surface area contributed by atoms with Crippen molar-refractivity contribution in [3.05, 3.63) is 59.5 Å². The summed E-state index contributed by atoms with van der Waals surface area (Å²) in [5.41, 5.74) is 2.25. The summed E-state index contributed by atoms with van der Waals surface area (Å²) in [6.07, 6.45) is 1.95. The van der Waals surface area contributed by atoms with Crippen LogP contribution < -0.4 is 10.2 Å². The van der Waals surface area contributed by atoms with E-state index in [1.165, 1.54) is 18.3 Å². The smallest absolute Gasteiger partial charge is 0.266 e. The van der Waals surface area contributed by atoms with Crippen LogP contribution >= 0.6 is 0 Å². The first-order valence-corrected chi connectivity index (χ1v) is 10.3. The van der Waals surface area contributed by atoms with Crippen molar-refractivity contribution >= 4 is 22.7 Å². The molecule has 1 aliphatic rings. The second kappa shape index (κ2) is 8.55. The molecule has 2 aromatic heterocycles. The zero-order valence-corrected chi connectivity index (χ0v) is 17.2. The van der Waals surface area contributed by atoms with Gasteiger partial charge in [-0.15, -0.1) is 0 Å². The summed E-state index contributed by atoms with van der Waals surface area (Å²) in [6.45, 7) is 10.0. The van der Waals surface area contributed by atoms with Crippen LogP contribution in [-0.4, -0.2) is 46.1 Å². The highest BCUT2D eigenvalue weighted by atomic mass is 19.3. The van der Waals surface area contributed by atoms with E-state index in [0.29, 0.717) is 34.9 Å². The molecule has 0 unspecified atom stereocenters. The number of fused-ring (bicyclic) bond motifs is 1. The molecular formula is C22H23F3N6. The molecule has 1 fully saturated rings. The second-order valence-corrected chi connectivity index (χ2v) is 7.71. The van der Waals surface area contributed by atoms with E-state index in [0.717, 1.165) is 6.42 Å². The predicted octanol–water partition coefficient (Wildman–Crippen LogP) is 4.38. The molecule has 0 bridgehead atoms. The first-order chi connectivity index (χ1) is 14.9. The fourth-order valence-electron chi connectivity index (χ4n) is 3.84. The number of nitrogens with zero attached hydrogens (tertiary/aromatic N) is 5. The number of anilines is 1. The average Bonchev–Trinajstić information content (AvgIpc) is 3.11. The highest BCUT2D eigenvalue weighted by Crippen LogP contribution is 2.33. The monoisotopic (exact) mass is 428 g/mol. The third-order valence-electron chi connectivity index (χ3n) is 5.50. The van der Waals surface area contributed by atoms with Gasteiger partial charge in [0.2, 0.25) is 11.6 Å². The van der Waals surface area contributed by atoms with Gasteiger partial charge in [-0.3, -0.25) is 4.98 Å². The Morgan fingerprint density at radius 2 is 2.13 bits per heavy atom. The first kappa shape index (κ1) is 21.1. The molecule has 0 aliphatic carbocycles. The molecule has 1 atom stereocenters. The van der Waals surface area contributed by atoms with E-state index in [-0.39, 0.29) is 26.1 Å². The van der Waals surface area contributed by atoms with Crippen molar-refractivity contribution in [1.29, 1.82) is 0 Å². The molecular weight excluding hydrogens is 405 g/mol. The molecule has 3 aromatic rings. The number of hydrogen-bond acceptors (Lipinski definition) is 4. The van der Waals surface area contributed by atoms with E-state index < -0.39 is 17.8 Å². The number of imidazole rings is 1. The molecule has 162 valence electrons. The maximum atomic E-state index is 14.5. The average molecular weight is 428 g/mol. The van der Waals surface area contributed by atoms with Crippen molar-refractivity contribution in [2.24, 2.45) is 0 Å². The molecule has 1 saturated heterocycles. The van der Waals surface area contributed by atoms with Crippen LogP contribution in [-0.2, 0) is 6.54 Å². The Morgan fingerprint density at radius 1 is 1.29 bits per heavy atom. The normalized spacial score (nSPS) is 18.3. The SMILES string of the molecule is [C-]#[N+]c1ccc(Cn2c(N3CCC(F)(F)[C@H](NCCC)C3)nc3ccc(F)cc32)nc1. The summed E-state index contributed by atoms with van der Waals surface area (Å²) < 4.78 is 44.7. The second-order valence-electron chi connectivity index (χ2n) is 7.71. The van der Waals surface area contributed by atoms with E-state index in [1.54, 1.807) is 22.8 Å². The molecule has 6 nitrogen and oxygen atoms in total. The molecule has 1 aromatic carbocycles. The van der Waals surface area contributed by atoms with Crippen LogP contribution in [0.1, 0.15) is 25.5 Å². The van der Waals surface area contributed by atoms with Crippen molar-refractivity contribution in [2.45, 2.75) is 38.3 Å². The Kier molecular flexibility index (Phi) is 5.83. The minimum Gasteiger partial charge on any atom is -0.340 e. The summed E-state index contributed by atoms with van der Waals surface area (Å²) >= 11 is 0. The molecule has 1 aliphatic heterocycles. The van der Waals surface area contributed by atoms with Gasteiger partial charge < -0.3 is 14.8 Å². The fraction of sp³-hybridized carbons (Fsp3) is 0.409. The number of piperidine rings is 1. The van der Waals surface area contributed by atoms with Crippen LogP contribution in [0.15, 0.2) is 36.5 Å². The minimum absolute atomic E-state index is 0.100. The standard InChI is InChI=1S/C22H23F3N6/c1-3-9-27-20-14-30(10-8-22(20,24)25)21-29-18-7-4-15(23)11-19(18)31(21)13-17-6-5-16(26-2)12-28-17/h4-7,11-12,20,27H,3,8-10,13-14H2,1H3/t20-/m1/s1. The number of pyridine rings is 1. The Balaban J connectivity index is 1.71. The van der Waals surface area contributed by atoms with Gasteiger partial charge in [0.1, 0.15) is 5.82 Å². The predicted molar refractivity (Wildman–Crippen MR) is 113 cm³/mol. The summed E-state index contributed by atoms with van der Waals surface area (Å²) in [5, 5.41) is 2.96. The van der Waals surface area contributed by atoms with Gasteiger partial charge in [0.25, 0.3) is 5.92 Å². The molecule has 3 heterocycles. The van der Waals surface area contributed by atoms with Crippen molar-refractivity contribution in [3.63, 3.8) is 0 Å². The van der Waals surface area contributed by atoms with Gasteiger partial charge in [-0.1, -0.05) is 13.0 Å². The maximum absolute atomic E-state index is 14.5. The van der Waals surface area contributed by atoms with Crippen LogP contribution in [0.5, 0.6) is 0 Å². The Labute approximate surface area is 178 Å². The van der Waals surface area contributed by atoms with Crippen LogP contribution in [0, 0.1) is 12.4 Å². The van der Waals surface area contributed by atoms with Gasteiger partial charge in [-0.05, 0) is 37.2 Å². The number of benzene rings is 1. The van der Waals surface area contributed by atoms with E-state index >= 15 is 0 Å². The van der Waals surface area contributed by atoms with E-state index in [1.807, 2.05) is 11.8 Å². The molecule has 31 heavy (non-hydrogen) atoms.